The monoisotopic (exact) mass is 259 g/mol. The van der Waals surface area contributed by atoms with Gasteiger partial charge in [0.2, 0.25) is 0 Å². The van der Waals surface area contributed by atoms with Crippen LogP contribution in [-0.4, -0.2) is 22.5 Å². The summed E-state index contributed by atoms with van der Waals surface area (Å²) >= 11 is 6.18. The Morgan fingerprint density at radius 1 is 1.59 bits per heavy atom. The van der Waals surface area contributed by atoms with Crippen molar-refractivity contribution < 1.29 is 4.74 Å². The molecule has 2 atom stereocenters. The number of ether oxygens (including phenoxy) is 1. The molecule has 1 aromatic rings. The van der Waals surface area contributed by atoms with E-state index in [1.807, 2.05) is 11.6 Å². The van der Waals surface area contributed by atoms with E-state index in [0.717, 1.165) is 25.1 Å². The average molecular weight is 260 g/mol. The van der Waals surface area contributed by atoms with Gasteiger partial charge in [-0.3, -0.25) is 4.68 Å². The van der Waals surface area contributed by atoms with Crippen LogP contribution in [0.1, 0.15) is 45.3 Å². The molecular weight excluding hydrogens is 238 g/mol. The fourth-order valence-corrected chi connectivity index (χ4v) is 2.11. The second-order valence-corrected chi connectivity index (χ2v) is 4.86. The predicted molar refractivity (Wildman–Crippen MR) is 70.2 cm³/mol. The van der Waals surface area contributed by atoms with E-state index in [2.05, 4.69) is 18.9 Å². The maximum absolute atomic E-state index is 6.30. The van der Waals surface area contributed by atoms with Crippen LogP contribution in [0.25, 0.3) is 0 Å². The minimum absolute atomic E-state index is 0.279. The van der Waals surface area contributed by atoms with Crippen LogP contribution in [0.3, 0.4) is 0 Å². The van der Waals surface area contributed by atoms with Gasteiger partial charge in [0, 0.05) is 13.7 Å². The standard InChI is InChI=1S/C12H22ClN3O/c1-5-7-16-10(9(13)8-15-16)11(14)12(3,6-2)17-4/h8,11H,5-7,14H2,1-4H3. The maximum Gasteiger partial charge on any atom is 0.0855 e. The zero-order valence-corrected chi connectivity index (χ0v) is 11.8. The Morgan fingerprint density at radius 3 is 2.71 bits per heavy atom. The number of hydrogen-bond acceptors (Lipinski definition) is 3. The molecule has 0 fully saturated rings. The van der Waals surface area contributed by atoms with Gasteiger partial charge >= 0.3 is 0 Å². The first-order chi connectivity index (χ1) is 8.00. The summed E-state index contributed by atoms with van der Waals surface area (Å²) in [5.41, 5.74) is 6.74. The first-order valence-corrected chi connectivity index (χ1v) is 6.39. The molecule has 0 saturated heterocycles. The quantitative estimate of drug-likeness (QED) is 0.855. The zero-order chi connectivity index (χ0) is 13.1. The molecule has 1 aromatic heterocycles. The molecular formula is C12H22ClN3O. The van der Waals surface area contributed by atoms with Gasteiger partial charge < -0.3 is 10.5 Å². The fraction of sp³-hybridized carbons (Fsp3) is 0.750. The number of methoxy groups -OCH3 is 1. The number of aromatic nitrogens is 2. The van der Waals surface area contributed by atoms with Gasteiger partial charge in [-0.15, -0.1) is 0 Å². The third kappa shape index (κ3) is 2.81. The van der Waals surface area contributed by atoms with Crippen LogP contribution in [0, 0.1) is 0 Å². The van der Waals surface area contributed by atoms with E-state index >= 15 is 0 Å². The Morgan fingerprint density at radius 2 is 2.24 bits per heavy atom. The fourth-order valence-electron chi connectivity index (χ4n) is 1.85. The van der Waals surface area contributed by atoms with Gasteiger partial charge in [-0.1, -0.05) is 25.4 Å². The minimum atomic E-state index is -0.421. The van der Waals surface area contributed by atoms with Crippen LogP contribution in [0.2, 0.25) is 5.02 Å². The summed E-state index contributed by atoms with van der Waals surface area (Å²) < 4.78 is 7.41. The van der Waals surface area contributed by atoms with Crippen molar-refractivity contribution in [2.45, 2.75) is 51.8 Å². The number of nitrogens with zero attached hydrogens (tertiary/aromatic N) is 2. The van der Waals surface area contributed by atoms with Crippen LogP contribution in [-0.2, 0) is 11.3 Å². The third-order valence-electron chi connectivity index (χ3n) is 3.39. The summed E-state index contributed by atoms with van der Waals surface area (Å²) in [4.78, 5) is 0. The zero-order valence-electron chi connectivity index (χ0n) is 11.0. The largest absolute Gasteiger partial charge is 0.376 e. The molecule has 0 bridgehead atoms. The highest BCUT2D eigenvalue weighted by atomic mass is 35.5. The van der Waals surface area contributed by atoms with E-state index in [-0.39, 0.29) is 6.04 Å². The average Bonchev–Trinajstić information content (AvgIpc) is 2.69. The van der Waals surface area contributed by atoms with Crippen molar-refractivity contribution in [1.82, 2.24) is 9.78 Å². The third-order valence-corrected chi connectivity index (χ3v) is 3.68. The topological polar surface area (TPSA) is 53.1 Å². The second-order valence-electron chi connectivity index (χ2n) is 4.45. The van der Waals surface area contributed by atoms with Crippen LogP contribution in [0.5, 0.6) is 0 Å². The van der Waals surface area contributed by atoms with E-state index < -0.39 is 5.60 Å². The maximum atomic E-state index is 6.30. The predicted octanol–water partition coefficient (Wildman–Crippen LogP) is 2.76. The molecule has 0 radical (unpaired) electrons. The Hall–Kier alpha value is -0.580. The molecule has 0 aliphatic rings. The SMILES string of the molecule is CCCn1ncc(Cl)c1C(N)C(C)(CC)OC. The molecule has 0 aliphatic heterocycles. The van der Waals surface area contributed by atoms with E-state index in [1.165, 1.54) is 0 Å². The highest BCUT2D eigenvalue weighted by Gasteiger charge is 2.34. The van der Waals surface area contributed by atoms with Gasteiger partial charge in [0.25, 0.3) is 0 Å². The molecule has 2 N–H and O–H groups in total. The Kier molecular flexibility index (Phi) is 4.98. The molecule has 4 nitrogen and oxygen atoms in total. The van der Waals surface area contributed by atoms with Gasteiger partial charge in [-0.2, -0.15) is 5.10 Å². The van der Waals surface area contributed by atoms with Crippen molar-refractivity contribution >= 4 is 11.6 Å². The number of nitrogens with two attached hydrogens (primary N) is 1. The Labute approximate surface area is 108 Å². The van der Waals surface area contributed by atoms with Crippen LogP contribution in [0.4, 0.5) is 0 Å². The van der Waals surface area contributed by atoms with Crippen molar-refractivity contribution in [3.05, 3.63) is 16.9 Å². The van der Waals surface area contributed by atoms with Crippen molar-refractivity contribution in [2.24, 2.45) is 5.73 Å². The summed E-state index contributed by atoms with van der Waals surface area (Å²) in [7, 11) is 1.68. The highest BCUT2D eigenvalue weighted by molar-refractivity contribution is 6.31. The molecule has 0 amide bonds. The lowest BCUT2D eigenvalue weighted by Crippen LogP contribution is -2.41. The molecule has 0 saturated carbocycles. The van der Waals surface area contributed by atoms with Gasteiger partial charge in [-0.05, 0) is 19.8 Å². The molecule has 0 aliphatic carbocycles. The Bertz CT molecular complexity index is 361. The van der Waals surface area contributed by atoms with E-state index in [0.29, 0.717) is 5.02 Å². The number of rotatable bonds is 6. The first kappa shape index (κ1) is 14.5. The summed E-state index contributed by atoms with van der Waals surface area (Å²) in [6.45, 7) is 6.97. The summed E-state index contributed by atoms with van der Waals surface area (Å²) in [5.74, 6) is 0. The van der Waals surface area contributed by atoms with Crippen molar-refractivity contribution in [3.63, 3.8) is 0 Å². The smallest absolute Gasteiger partial charge is 0.0855 e. The van der Waals surface area contributed by atoms with Gasteiger partial charge in [0.05, 0.1) is 28.6 Å². The molecule has 1 heterocycles. The molecule has 0 spiro atoms. The molecule has 2 unspecified atom stereocenters. The number of halogens is 1. The van der Waals surface area contributed by atoms with E-state index in [4.69, 9.17) is 22.1 Å². The number of aryl methyl sites for hydroxylation is 1. The normalized spacial score (nSPS) is 16.8. The van der Waals surface area contributed by atoms with E-state index in [9.17, 15) is 0 Å². The lowest BCUT2D eigenvalue weighted by Gasteiger charge is -2.33. The van der Waals surface area contributed by atoms with Gasteiger partial charge in [0.15, 0.2) is 0 Å². The van der Waals surface area contributed by atoms with Crippen LogP contribution in [0.15, 0.2) is 6.20 Å². The summed E-state index contributed by atoms with van der Waals surface area (Å²) in [6.07, 6.45) is 3.46. The molecule has 5 heteroatoms. The molecule has 98 valence electrons. The van der Waals surface area contributed by atoms with Crippen LogP contribution < -0.4 is 5.73 Å². The number of hydrogen-bond donors (Lipinski definition) is 1. The molecule has 17 heavy (non-hydrogen) atoms. The minimum Gasteiger partial charge on any atom is -0.376 e. The summed E-state index contributed by atoms with van der Waals surface area (Å²) in [5, 5.41) is 4.87. The highest BCUT2D eigenvalue weighted by Crippen LogP contribution is 2.33. The van der Waals surface area contributed by atoms with Crippen molar-refractivity contribution in [1.29, 1.82) is 0 Å². The van der Waals surface area contributed by atoms with Crippen molar-refractivity contribution in [2.75, 3.05) is 7.11 Å². The summed E-state index contributed by atoms with van der Waals surface area (Å²) in [6, 6.07) is -0.279. The molecule has 1 rings (SSSR count). The lowest BCUT2D eigenvalue weighted by molar-refractivity contribution is -0.0215. The van der Waals surface area contributed by atoms with Gasteiger partial charge in [-0.25, -0.2) is 0 Å². The molecule has 0 aromatic carbocycles. The van der Waals surface area contributed by atoms with E-state index in [1.54, 1.807) is 13.3 Å². The Balaban J connectivity index is 3.09. The second kappa shape index (κ2) is 5.85. The lowest BCUT2D eigenvalue weighted by atomic mass is 9.91. The van der Waals surface area contributed by atoms with Crippen molar-refractivity contribution in [3.8, 4) is 0 Å². The van der Waals surface area contributed by atoms with Gasteiger partial charge in [0.1, 0.15) is 0 Å². The van der Waals surface area contributed by atoms with Crippen LogP contribution >= 0.6 is 11.6 Å². The first-order valence-electron chi connectivity index (χ1n) is 6.02.